The molecule has 3 aromatic carbocycles. The fourth-order valence-corrected chi connectivity index (χ4v) is 2.04. The number of amides is 2. The highest BCUT2D eigenvalue weighted by Crippen LogP contribution is 2.23. The molecule has 0 aliphatic carbocycles. The van der Waals surface area contributed by atoms with Gasteiger partial charge < -0.3 is 0 Å². The molecule has 0 unspecified atom stereocenters. The Morgan fingerprint density at radius 3 is 1.86 bits per heavy atom. The van der Waals surface area contributed by atoms with Gasteiger partial charge in [0, 0.05) is 0 Å². The quantitative estimate of drug-likeness (QED) is 0.316. The molecule has 0 heterocycles. The van der Waals surface area contributed by atoms with Gasteiger partial charge in [0.25, 0.3) is 0 Å². The van der Waals surface area contributed by atoms with Crippen LogP contribution in [-0.4, -0.2) is 6.03 Å². The molecule has 5 nitrogen and oxygen atoms in total. The van der Waals surface area contributed by atoms with Crippen LogP contribution in [0.5, 0.6) is 0 Å². The fraction of sp³-hybridized carbons (Fsp3) is 0. The van der Waals surface area contributed by atoms with Crippen molar-refractivity contribution in [3.8, 4) is 11.1 Å². The summed E-state index contributed by atoms with van der Waals surface area (Å²) in [5.41, 5.74) is 6.03. The first-order chi connectivity index (χ1) is 10.7. The Kier molecular flexibility index (Phi) is 5.48. The van der Waals surface area contributed by atoms with E-state index in [1.165, 1.54) is 21.9 Å². The van der Waals surface area contributed by atoms with E-state index in [-0.39, 0.29) is 0 Å². The summed E-state index contributed by atoms with van der Waals surface area (Å²) in [5, 5.41) is 2.59. The van der Waals surface area contributed by atoms with Crippen LogP contribution < -0.4 is 22.5 Å². The second-order valence-corrected chi connectivity index (χ2v) is 4.55. The van der Waals surface area contributed by atoms with Crippen LogP contribution in [0, 0.1) is 0 Å². The van der Waals surface area contributed by atoms with Crippen LogP contribution in [0.3, 0.4) is 0 Å². The molecule has 2 amide bonds. The number of benzene rings is 3. The van der Waals surface area contributed by atoms with Gasteiger partial charge >= 0.3 is 6.03 Å². The molecule has 6 N–H and O–H groups in total. The molecule has 22 heavy (non-hydrogen) atoms. The van der Waals surface area contributed by atoms with E-state index < -0.39 is 6.03 Å². The number of hydrazine groups is 2. The minimum absolute atomic E-state index is 0.602. The number of hydrogen-bond donors (Lipinski definition) is 4. The topological polar surface area (TPSA) is 93.2 Å². The van der Waals surface area contributed by atoms with Gasteiger partial charge in [-0.3, -0.25) is 10.9 Å². The smallest absolute Gasteiger partial charge is 0.275 e. The van der Waals surface area contributed by atoms with E-state index in [1.807, 2.05) is 6.07 Å². The zero-order chi connectivity index (χ0) is 15.8. The minimum atomic E-state index is -0.602. The number of nitrogens with two attached hydrogens (primary N) is 2. The van der Waals surface area contributed by atoms with Crippen molar-refractivity contribution in [2.75, 3.05) is 0 Å². The zero-order valence-electron chi connectivity index (χ0n) is 12.0. The lowest BCUT2D eigenvalue weighted by atomic mass is 10.0. The van der Waals surface area contributed by atoms with E-state index in [9.17, 15) is 4.79 Å². The highest BCUT2D eigenvalue weighted by molar-refractivity contribution is 5.87. The summed E-state index contributed by atoms with van der Waals surface area (Å²) in [7, 11) is 0. The van der Waals surface area contributed by atoms with Crippen LogP contribution in [0.25, 0.3) is 21.9 Å². The Bertz CT molecular complexity index is 738. The molecule has 5 heteroatoms. The average molecular weight is 294 g/mol. The summed E-state index contributed by atoms with van der Waals surface area (Å²) >= 11 is 0. The second kappa shape index (κ2) is 7.78. The SMILES string of the molecule is NNC(=O)NN.c1ccc(-c2ccc3ccccc3c2)cc1. The minimum Gasteiger partial charge on any atom is -0.275 e. The summed E-state index contributed by atoms with van der Waals surface area (Å²) in [4.78, 5) is 9.71. The summed E-state index contributed by atoms with van der Waals surface area (Å²) in [6.07, 6.45) is 0. The van der Waals surface area contributed by atoms with Crippen LogP contribution >= 0.6 is 0 Å². The molecule has 0 saturated carbocycles. The third-order valence-electron chi connectivity index (χ3n) is 3.12. The lowest BCUT2D eigenvalue weighted by Gasteiger charge is -2.03. The Morgan fingerprint density at radius 2 is 1.27 bits per heavy atom. The van der Waals surface area contributed by atoms with Gasteiger partial charge in [0.05, 0.1) is 0 Å². The van der Waals surface area contributed by atoms with E-state index in [2.05, 4.69) is 78.4 Å². The number of carbonyl (C=O) groups excluding carboxylic acids is 1. The van der Waals surface area contributed by atoms with Crippen molar-refractivity contribution in [3.63, 3.8) is 0 Å². The van der Waals surface area contributed by atoms with Crippen molar-refractivity contribution >= 4 is 16.8 Å². The van der Waals surface area contributed by atoms with Gasteiger partial charge in [-0.2, -0.15) is 0 Å². The van der Waals surface area contributed by atoms with Crippen molar-refractivity contribution in [1.82, 2.24) is 10.9 Å². The summed E-state index contributed by atoms with van der Waals surface area (Å²) < 4.78 is 0. The molecule has 0 aromatic heterocycles. The standard InChI is InChI=1S/C16H12.CH6N4O/c1-2-6-13(7-3-1)16-11-10-14-8-4-5-9-15(14)12-16;2-4-1(6)5-3/h1-12H;2-3H2,(H2,4,5,6). The highest BCUT2D eigenvalue weighted by Gasteiger charge is 1.97. The molecule has 0 bridgehead atoms. The molecule has 0 atom stereocenters. The first-order valence-corrected chi connectivity index (χ1v) is 6.76. The van der Waals surface area contributed by atoms with Gasteiger partial charge in [-0.05, 0) is 28.0 Å². The monoisotopic (exact) mass is 294 g/mol. The second-order valence-electron chi connectivity index (χ2n) is 4.55. The maximum atomic E-state index is 9.71. The predicted molar refractivity (Wildman–Crippen MR) is 89.4 cm³/mol. The van der Waals surface area contributed by atoms with Gasteiger partial charge in [0.15, 0.2) is 0 Å². The van der Waals surface area contributed by atoms with Crippen molar-refractivity contribution in [3.05, 3.63) is 72.8 Å². The van der Waals surface area contributed by atoms with Crippen molar-refractivity contribution in [2.45, 2.75) is 0 Å². The van der Waals surface area contributed by atoms with E-state index in [0.29, 0.717) is 0 Å². The molecule has 0 aliphatic heterocycles. The van der Waals surface area contributed by atoms with Crippen LogP contribution in [0.15, 0.2) is 72.8 Å². The Labute approximate surface area is 128 Å². The molecule has 0 radical (unpaired) electrons. The number of fused-ring (bicyclic) bond motifs is 1. The van der Waals surface area contributed by atoms with E-state index in [1.54, 1.807) is 10.9 Å². The number of carbonyl (C=O) groups is 1. The van der Waals surface area contributed by atoms with Crippen molar-refractivity contribution < 1.29 is 4.79 Å². The number of rotatable bonds is 1. The Balaban J connectivity index is 0.000000254. The highest BCUT2D eigenvalue weighted by atomic mass is 16.2. The van der Waals surface area contributed by atoms with Crippen molar-refractivity contribution in [2.24, 2.45) is 11.7 Å². The van der Waals surface area contributed by atoms with Crippen LogP contribution in [-0.2, 0) is 0 Å². The summed E-state index contributed by atoms with van der Waals surface area (Å²) in [6, 6.07) is 24.9. The van der Waals surface area contributed by atoms with E-state index in [0.717, 1.165) is 0 Å². The van der Waals surface area contributed by atoms with Gasteiger partial charge in [-0.1, -0.05) is 66.7 Å². The molecule has 0 fully saturated rings. The first kappa shape index (κ1) is 15.5. The molecule has 0 aliphatic rings. The zero-order valence-corrected chi connectivity index (χ0v) is 12.0. The van der Waals surface area contributed by atoms with Gasteiger partial charge in [0.1, 0.15) is 0 Å². The number of hydrogen-bond acceptors (Lipinski definition) is 3. The van der Waals surface area contributed by atoms with Crippen LogP contribution in [0.2, 0.25) is 0 Å². The molecule has 3 rings (SSSR count). The Hall–Kier alpha value is -2.89. The average Bonchev–Trinajstić information content (AvgIpc) is 2.62. The largest absolute Gasteiger partial charge is 0.343 e. The summed E-state index contributed by atoms with van der Waals surface area (Å²) in [5.74, 6) is 9.08. The molecular formula is C17H18N4O. The molecule has 0 saturated heterocycles. The Morgan fingerprint density at radius 1 is 0.682 bits per heavy atom. The lowest BCUT2D eigenvalue weighted by molar-refractivity contribution is 0.241. The van der Waals surface area contributed by atoms with Crippen LogP contribution in [0.4, 0.5) is 4.79 Å². The maximum absolute atomic E-state index is 9.71. The van der Waals surface area contributed by atoms with Gasteiger partial charge in [-0.25, -0.2) is 16.5 Å². The first-order valence-electron chi connectivity index (χ1n) is 6.76. The third kappa shape index (κ3) is 4.05. The summed E-state index contributed by atoms with van der Waals surface area (Å²) in [6.45, 7) is 0. The molecule has 112 valence electrons. The maximum Gasteiger partial charge on any atom is 0.343 e. The molecule has 0 spiro atoms. The normalized spacial score (nSPS) is 9.55. The number of urea groups is 1. The number of nitrogens with one attached hydrogen (secondary N) is 2. The van der Waals surface area contributed by atoms with Crippen LogP contribution in [0.1, 0.15) is 0 Å². The fourth-order valence-electron chi connectivity index (χ4n) is 2.04. The molecular weight excluding hydrogens is 276 g/mol. The molecule has 3 aromatic rings. The lowest BCUT2D eigenvalue weighted by Crippen LogP contribution is -2.43. The third-order valence-corrected chi connectivity index (χ3v) is 3.12. The van der Waals surface area contributed by atoms with E-state index >= 15 is 0 Å². The predicted octanol–water partition coefficient (Wildman–Crippen LogP) is 2.54. The van der Waals surface area contributed by atoms with E-state index in [4.69, 9.17) is 0 Å². The van der Waals surface area contributed by atoms with Crippen molar-refractivity contribution in [1.29, 1.82) is 0 Å². The van der Waals surface area contributed by atoms with Gasteiger partial charge in [0.2, 0.25) is 0 Å². The van der Waals surface area contributed by atoms with Gasteiger partial charge in [-0.15, -0.1) is 0 Å².